The van der Waals surface area contributed by atoms with Crippen LogP contribution in [0.1, 0.15) is 19.3 Å². The molecular formula is C18H24N4O5. The molecule has 1 atom stereocenters. The zero-order chi connectivity index (χ0) is 19.2. The lowest BCUT2D eigenvalue weighted by Gasteiger charge is -2.41. The summed E-state index contributed by atoms with van der Waals surface area (Å²) in [6.07, 6.45) is 1.91. The van der Waals surface area contributed by atoms with Gasteiger partial charge in [0.05, 0.1) is 24.5 Å². The van der Waals surface area contributed by atoms with Gasteiger partial charge in [-0.15, -0.1) is 0 Å². The van der Waals surface area contributed by atoms with Crippen LogP contribution in [0.5, 0.6) is 5.75 Å². The lowest BCUT2D eigenvalue weighted by Crippen LogP contribution is -2.57. The first-order chi connectivity index (χ1) is 13.1. The molecule has 0 aliphatic carbocycles. The van der Waals surface area contributed by atoms with E-state index in [9.17, 15) is 19.7 Å². The van der Waals surface area contributed by atoms with Gasteiger partial charge in [-0.25, -0.2) is 0 Å². The second-order valence-electron chi connectivity index (χ2n) is 6.72. The minimum Gasteiger partial charge on any atom is -0.486 e. The van der Waals surface area contributed by atoms with Gasteiger partial charge in [-0.3, -0.25) is 19.7 Å². The summed E-state index contributed by atoms with van der Waals surface area (Å²) in [6.45, 7) is 3.09. The van der Waals surface area contributed by atoms with Crippen LogP contribution in [-0.4, -0.2) is 71.9 Å². The molecule has 146 valence electrons. The number of nitrogens with zero attached hydrogens (tertiary/aromatic N) is 3. The normalized spacial score (nSPS) is 20.4. The van der Waals surface area contributed by atoms with Gasteiger partial charge in [0.2, 0.25) is 11.8 Å². The van der Waals surface area contributed by atoms with Crippen molar-refractivity contribution in [3.8, 4) is 5.75 Å². The molecule has 9 heteroatoms. The van der Waals surface area contributed by atoms with E-state index in [1.165, 1.54) is 12.1 Å². The minimum absolute atomic E-state index is 0.0548. The predicted molar refractivity (Wildman–Crippen MR) is 97.4 cm³/mol. The zero-order valence-electron chi connectivity index (χ0n) is 15.1. The Morgan fingerprint density at radius 2 is 2.15 bits per heavy atom. The lowest BCUT2D eigenvalue weighted by molar-refractivity contribution is -0.385. The molecule has 9 nitrogen and oxygen atoms in total. The molecule has 27 heavy (non-hydrogen) atoms. The Morgan fingerprint density at radius 3 is 2.93 bits per heavy atom. The quantitative estimate of drug-likeness (QED) is 0.581. The maximum absolute atomic E-state index is 12.5. The van der Waals surface area contributed by atoms with Crippen molar-refractivity contribution in [1.29, 1.82) is 0 Å². The van der Waals surface area contributed by atoms with E-state index in [-0.39, 0.29) is 42.3 Å². The summed E-state index contributed by atoms with van der Waals surface area (Å²) in [4.78, 5) is 38.7. The molecule has 2 aliphatic rings. The average Bonchev–Trinajstić information content (AvgIpc) is 2.68. The van der Waals surface area contributed by atoms with Gasteiger partial charge >= 0.3 is 5.69 Å². The van der Waals surface area contributed by atoms with Gasteiger partial charge < -0.3 is 19.9 Å². The van der Waals surface area contributed by atoms with Gasteiger partial charge in [0.1, 0.15) is 0 Å². The van der Waals surface area contributed by atoms with Crippen molar-refractivity contribution in [1.82, 2.24) is 15.1 Å². The van der Waals surface area contributed by atoms with Crippen LogP contribution >= 0.6 is 0 Å². The van der Waals surface area contributed by atoms with Crippen molar-refractivity contribution in [2.75, 3.05) is 39.3 Å². The highest BCUT2D eigenvalue weighted by molar-refractivity contribution is 5.80. The van der Waals surface area contributed by atoms with Crippen LogP contribution in [0, 0.1) is 10.1 Å². The zero-order valence-corrected chi connectivity index (χ0v) is 15.1. The number of nitro benzene ring substituents is 1. The number of amides is 2. The van der Waals surface area contributed by atoms with Crippen molar-refractivity contribution in [2.24, 2.45) is 0 Å². The van der Waals surface area contributed by atoms with Crippen molar-refractivity contribution in [3.63, 3.8) is 0 Å². The highest BCUT2D eigenvalue weighted by atomic mass is 16.6. The molecule has 0 bridgehead atoms. The third kappa shape index (κ3) is 4.73. The first kappa shape index (κ1) is 19.1. The lowest BCUT2D eigenvalue weighted by atomic mass is 10.0. The third-order valence-electron chi connectivity index (χ3n) is 4.95. The number of carbonyl (C=O) groups excluding carboxylic acids is 2. The van der Waals surface area contributed by atoms with E-state index in [2.05, 4.69) is 5.32 Å². The van der Waals surface area contributed by atoms with Crippen LogP contribution in [0.15, 0.2) is 24.3 Å². The highest BCUT2D eigenvalue weighted by Gasteiger charge is 2.31. The number of piperidine rings is 1. The SMILES string of the molecule is O=C(CCOc1ccccc1[N+](=O)[O-])N1CCCC(N2CCNCC2=O)C1. The number of ether oxygens (including phenoxy) is 1. The number of benzene rings is 1. The van der Waals surface area contributed by atoms with Crippen LogP contribution in [-0.2, 0) is 9.59 Å². The number of likely N-dealkylation sites (tertiary alicyclic amines) is 1. The first-order valence-electron chi connectivity index (χ1n) is 9.20. The summed E-state index contributed by atoms with van der Waals surface area (Å²) in [6, 6.07) is 6.19. The molecule has 3 rings (SSSR count). The number of piperazine rings is 1. The van der Waals surface area contributed by atoms with E-state index >= 15 is 0 Å². The number of para-hydroxylation sites is 2. The molecule has 2 amide bonds. The number of hydrogen-bond donors (Lipinski definition) is 1. The largest absolute Gasteiger partial charge is 0.486 e. The van der Waals surface area contributed by atoms with E-state index in [4.69, 9.17) is 4.74 Å². The van der Waals surface area contributed by atoms with E-state index in [1.54, 1.807) is 17.0 Å². The standard InChI is InChI=1S/C18H24N4O5/c23-17(7-11-27-16-6-2-1-5-15(16)22(25)26)20-9-3-4-14(13-20)21-10-8-19-12-18(21)24/h1-2,5-6,14,19H,3-4,7-13H2. The first-order valence-corrected chi connectivity index (χ1v) is 9.20. The summed E-state index contributed by atoms with van der Waals surface area (Å²) in [5, 5.41) is 14.1. The smallest absolute Gasteiger partial charge is 0.310 e. The van der Waals surface area contributed by atoms with E-state index in [0.717, 1.165) is 19.4 Å². The van der Waals surface area contributed by atoms with Crippen molar-refractivity contribution < 1.29 is 19.2 Å². The predicted octanol–water partition coefficient (Wildman–Crippen LogP) is 0.786. The molecule has 0 aromatic heterocycles. The van der Waals surface area contributed by atoms with Gasteiger partial charge in [0.15, 0.2) is 5.75 Å². The molecule has 2 aliphatic heterocycles. The Balaban J connectivity index is 1.51. The van der Waals surface area contributed by atoms with E-state index in [1.807, 2.05) is 4.90 Å². The molecule has 1 unspecified atom stereocenters. The third-order valence-corrected chi connectivity index (χ3v) is 4.95. The number of nitrogens with one attached hydrogen (secondary N) is 1. The number of nitro groups is 1. The van der Waals surface area contributed by atoms with Gasteiger partial charge in [-0.05, 0) is 18.9 Å². The molecule has 1 aromatic carbocycles. The summed E-state index contributed by atoms with van der Waals surface area (Å²) < 4.78 is 5.46. The van der Waals surface area contributed by atoms with Gasteiger partial charge in [0.25, 0.3) is 0 Å². The molecule has 1 N–H and O–H groups in total. The second-order valence-corrected chi connectivity index (χ2v) is 6.72. The minimum atomic E-state index is -0.503. The Morgan fingerprint density at radius 1 is 1.33 bits per heavy atom. The number of carbonyl (C=O) groups is 2. The summed E-state index contributed by atoms with van der Waals surface area (Å²) >= 11 is 0. The molecule has 2 fully saturated rings. The maximum atomic E-state index is 12.5. The Labute approximate surface area is 157 Å². The van der Waals surface area contributed by atoms with Crippen LogP contribution < -0.4 is 10.1 Å². The molecule has 2 saturated heterocycles. The van der Waals surface area contributed by atoms with Gasteiger partial charge in [0, 0.05) is 38.3 Å². The summed E-state index contributed by atoms with van der Waals surface area (Å²) in [5.41, 5.74) is -0.111. The van der Waals surface area contributed by atoms with Crippen LogP contribution in [0.2, 0.25) is 0 Å². The topological polar surface area (TPSA) is 105 Å². The number of rotatable bonds is 6. The molecule has 0 saturated carbocycles. The van der Waals surface area contributed by atoms with Crippen LogP contribution in [0.3, 0.4) is 0 Å². The maximum Gasteiger partial charge on any atom is 0.310 e. The highest BCUT2D eigenvalue weighted by Crippen LogP contribution is 2.26. The number of hydrogen-bond acceptors (Lipinski definition) is 6. The van der Waals surface area contributed by atoms with Crippen LogP contribution in [0.4, 0.5) is 5.69 Å². The molecule has 0 radical (unpaired) electrons. The van der Waals surface area contributed by atoms with Crippen molar-refractivity contribution >= 4 is 17.5 Å². The van der Waals surface area contributed by atoms with E-state index in [0.29, 0.717) is 26.2 Å². The Hall–Kier alpha value is -2.68. The van der Waals surface area contributed by atoms with Crippen molar-refractivity contribution in [2.45, 2.75) is 25.3 Å². The fourth-order valence-electron chi connectivity index (χ4n) is 3.58. The molecule has 1 aromatic rings. The Bertz CT molecular complexity index is 711. The van der Waals surface area contributed by atoms with Crippen molar-refractivity contribution in [3.05, 3.63) is 34.4 Å². The monoisotopic (exact) mass is 376 g/mol. The van der Waals surface area contributed by atoms with E-state index < -0.39 is 4.92 Å². The molecule has 2 heterocycles. The summed E-state index contributed by atoms with van der Waals surface area (Å²) in [5.74, 6) is 0.194. The average molecular weight is 376 g/mol. The fraction of sp³-hybridized carbons (Fsp3) is 0.556. The van der Waals surface area contributed by atoms with Crippen LogP contribution in [0.25, 0.3) is 0 Å². The second kappa shape index (κ2) is 8.81. The van der Waals surface area contributed by atoms with Gasteiger partial charge in [-0.2, -0.15) is 0 Å². The Kier molecular flexibility index (Phi) is 6.23. The summed E-state index contributed by atoms with van der Waals surface area (Å²) in [7, 11) is 0. The van der Waals surface area contributed by atoms with Gasteiger partial charge in [-0.1, -0.05) is 12.1 Å². The molecule has 0 spiro atoms. The molecular weight excluding hydrogens is 352 g/mol. The fourth-order valence-corrected chi connectivity index (χ4v) is 3.58.